The summed E-state index contributed by atoms with van der Waals surface area (Å²) in [5.41, 5.74) is 2.08. The van der Waals surface area contributed by atoms with Gasteiger partial charge < -0.3 is 4.90 Å². The second-order valence-electron chi connectivity index (χ2n) is 5.55. The summed E-state index contributed by atoms with van der Waals surface area (Å²) in [4.78, 5) is 14.2. The van der Waals surface area contributed by atoms with Gasteiger partial charge in [0.1, 0.15) is 0 Å². The van der Waals surface area contributed by atoms with E-state index in [1.54, 1.807) is 0 Å². The Hall–Kier alpha value is -0.840. The Kier molecular flexibility index (Phi) is 4.66. The number of halogens is 1. The van der Waals surface area contributed by atoms with Crippen molar-refractivity contribution in [2.75, 3.05) is 13.1 Å². The molecule has 19 heavy (non-hydrogen) atoms. The van der Waals surface area contributed by atoms with Gasteiger partial charge in [-0.15, -0.1) is 0 Å². The number of carbonyl (C=O) groups excluding carboxylic acids is 1. The van der Waals surface area contributed by atoms with Crippen LogP contribution in [0.15, 0.2) is 4.47 Å². The third kappa shape index (κ3) is 3.38. The van der Waals surface area contributed by atoms with Crippen LogP contribution in [-0.4, -0.2) is 33.7 Å². The number of amides is 1. The number of hydrogen-bond acceptors (Lipinski definition) is 2. The summed E-state index contributed by atoms with van der Waals surface area (Å²) in [7, 11) is 0. The first-order chi connectivity index (χ1) is 8.99. The van der Waals surface area contributed by atoms with Gasteiger partial charge in [-0.05, 0) is 48.5 Å². The zero-order valence-corrected chi connectivity index (χ0v) is 13.5. The van der Waals surface area contributed by atoms with Crippen molar-refractivity contribution < 1.29 is 4.79 Å². The van der Waals surface area contributed by atoms with E-state index in [0.29, 0.717) is 18.9 Å². The predicted octanol–water partition coefficient (Wildman–Crippen LogP) is 2.91. The number of nitrogens with zero attached hydrogens (tertiary/aromatic N) is 3. The molecule has 0 bridgehead atoms. The van der Waals surface area contributed by atoms with E-state index >= 15 is 0 Å². The largest absolute Gasteiger partial charge is 0.342 e. The van der Waals surface area contributed by atoms with Crippen LogP contribution in [0.5, 0.6) is 0 Å². The van der Waals surface area contributed by atoms with Crippen LogP contribution in [0.1, 0.15) is 37.6 Å². The average Bonchev–Trinajstić information content (AvgIpc) is 2.63. The maximum Gasteiger partial charge on any atom is 0.224 e. The number of carbonyl (C=O) groups is 1. The summed E-state index contributed by atoms with van der Waals surface area (Å²) >= 11 is 3.51. The average molecular weight is 328 g/mol. The van der Waals surface area contributed by atoms with Crippen molar-refractivity contribution in [3.05, 3.63) is 15.9 Å². The number of aryl methyl sites for hydroxylation is 2. The Morgan fingerprint density at radius 2 is 2.21 bits per heavy atom. The highest BCUT2D eigenvalue weighted by molar-refractivity contribution is 9.10. The fourth-order valence-electron chi connectivity index (χ4n) is 2.67. The number of hydrogen-bond donors (Lipinski definition) is 0. The molecule has 0 radical (unpaired) electrons. The molecule has 0 spiro atoms. The van der Waals surface area contributed by atoms with E-state index in [-0.39, 0.29) is 5.91 Å². The lowest BCUT2D eigenvalue weighted by molar-refractivity contribution is -0.133. The van der Waals surface area contributed by atoms with Gasteiger partial charge in [-0.3, -0.25) is 9.48 Å². The molecule has 0 aliphatic carbocycles. The first kappa shape index (κ1) is 14.6. The quantitative estimate of drug-likeness (QED) is 0.856. The molecule has 1 atom stereocenters. The van der Waals surface area contributed by atoms with Crippen molar-refractivity contribution in [1.82, 2.24) is 14.7 Å². The Bertz CT molecular complexity index is 470. The van der Waals surface area contributed by atoms with Gasteiger partial charge in [-0.1, -0.05) is 6.92 Å². The zero-order valence-electron chi connectivity index (χ0n) is 11.9. The summed E-state index contributed by atoms with van der Waals surface area (Å²) in [6.07, 6.45) is 2.92. The number of likely N-dealkylation sites (tertiary alicyclic amines) is 1. The lowest BCUT2D eigenvalue weighted by Gasteiger charge is -2.31. The summed E-state index contributed by atoms with van der Waals surface area (Å²) in [6, 6.07) is 0. The van der Waals surface area contributed by atoms with Gasteiger partial charge in [0, 0.05) is 25.2 Å². The molecule has 0 unspecified atom stereocenters. The van der Waals surface area contributed by atoms with Crippen molar-refractivity contribution in [2.24, 2.45) is 5.92 Å². The van der Waals surface area contributed by atoms with Crippen molar-refractivity contribution in [3.63, 3.8) is 0 Å². The standard InChI is InChI=1S/C14H22BrN3O/c1-10-5-4-7-17(9-10)13(19)6-8-18-12(3)14(15)11(2)16-18/h10H,4-9H2,1-3H3/t10-/m0/s1. The molecule has 1 aromatic heterocycles. The third-order valence-electron chi connectivity index (χ3n) is 3.84. The van der Waals surface area contributed by atoms with Gasteiger partial charge in [-0.25, -0.2) is 0 Å². The molecule has 5 heteroatoms. The summed E-state index contributed by atoms with van der Waals surface area (Å²) < 4.78 is 2.97. The van der Waals surface area contributed by atoms with E-state index in [4.69, 9.17) is 0 Å². The maximum absolute atomic E-state index is 12.2. The van der Waals surface area contributed by atoms with Crippen LogP contribution >= 0.6 is 15.9 Å². The van der Waals surface area contributed by atoms with Crippen molar-refractivity contribution in [1.29, 1.82) is 0 Å². The lowest BCUT2D eigenvalue weighted by Crippen LogP contribution is -2.39. The Morgan fingerprint density at radius 3 is 2.79 bits per heavy atom. The normalized spacial score (nSPS) is 19.8. The Labute approximate surface area is 123 Å². The highest BCUT2D eigenvalue weighted by Crippen LogP contribution is 2.20. The minimum absolute atomic E-state index is 0.259. The molecular weight excluding hydrogens is 306 g/mol. The van der Waals surface area contributed by atoms with Gasteiger partial charge in [0.15, 0.2) is 0 Å². The van der Waals surface area contributed by atoms with Crippen LogP contribution in [0.4, 0.5) is 0 Å². The molecule has 0 aromatic carbocycles. The molecule has 2 heterocycles. The Morgan fingerprint density at radius 1 is 1.47 bits per heavy atom. The molecule has 1 aliphatic rings. The topological polar surface area (TPSA) is 38.1 Å². The summed E-state index contributed by atoms with van der Waals surface area (Å²) in [5.74, 6) is 0.899. The lowest BCUT2D eigenvalue weighted by atomic mass is 10.00. The van der Waals surface area contributed by atoms with Gasteiger partial charge in [0.25, 0.3) is 0 Å². The fourth-order valence-corrected chi connectivity index (χ4v) is 2.95. The van der Waals surface area contributed by atoms with Gasteiger partial charge >= 0.3 is 0 Å². The summed E-state index contributed by atoms with van der Waals surface area (Å²) in [6.45, 7) is 8.72. The van der Waals surface area contributed by atoms with Gasteiger partial charge in [0.05, 0.1) is 16.7 Å². The maximum atomic E-state index is 12.2. The van der Waals surface area contributed by atoms with Crippen LogP contribution in [0.25, 0.3) is 0 Å². The van der Waals surface area contributed by atoms with E-state index in [9.17, 15) is 4.79 Å². The second-order valence-corrected chi connectivity index (χ2v) is 6.34. The molecular formula is C14H22BrN3O. The molecule has 1 aromatic rings. The molecule has 106 valence electrons. The highest BCUT2D eigenvalue weighted by atomic mass is 79.9. The van der Waals surface area contributed by atoms with E-state index in [1.807, 2.05) is 23.4 Å². The van der Waals surface area contributed by atoms with Crippen LogP contribution in [-0.2, 0) is 11.3 Å². The molecule has 1 aliphatic heterocycles. The van der Waals surface area contributed by atoms with Crippen molar-refractivity contribution in [2.45, 2.75) is 46.6 Å². The molecule has 2 rings (SSSR count). The zero-order chi connectivity index (χ0) is 14.0. The smallest absolute Gasteiger partial charge is 0.224 e. The predicted molar refractivity (Wildman–Crippen MR) is 79.0 cm³/mol. The molecule has 0 N–H and O–H groups in total. The highest BCUT2D eigenvalue weighted by Gasteiger charge is 2.21. The third-order valence-corrected chi connectivity index (χ3v) is 4.99. The van der Waals surface area contributed by atoms with Crippen LogP contribution in [0, 0.1) is 19.8 Å². The number of piperidine rings is 1. The Balaban J connectivity index is 1.91. The van der Waals surface area contributed by atoms with Crippen molar-refractivity contribution >= 4 is 21.8 Å². The van der Waals surface area contributed by atoms with Crippen LogP contribution in [0.2, 0.25) is 0 Å². The van der Waals surface area contributed by atoms with Crippen LogP contribution in [0.3, 0.4) is 0 Å². The molecule has 1 saturated heterocycles. The molecule has 1 fully saturated rings. The first-order valence-electron chi connectivity index (χ1n) is 6.96. The molecule has 0 saturated carbocycles. The molecule has 4 nitrogen and oxygen atoms in total. The van der Waals surface area contributed by atoms with Crippen LogP contribution < -0.4 is 0 Å². The minimum Gasteiger partial charge on any atom is -0.342 e. The minimum atomic E-state index is 0.259. The number of rotatable bonds is 3. The van der Waals surface area contributed by atoms with Gasteiger partial charge in [0.2, 0.25) is 5.91 Å². The van der Waals surface area contributed by atoms with E-state index in [2.05, 4.69) is 28.0 Å². The van der Waals surface area contributed by atoms with Gasteiger partial charge in [-0.2, -0.15) is 5.10 Å². The fraction of sp³-hybridized carbons (Fsp3) is 0.714. The van der Waals surface area contributed by atoms with E-state index < -0.39 is 0 Å². The molecule has 1 amide bonds. The SMILES string of the molecule is Cc1nn(CCC(=O)N2CCC[C@H](C)C2)c(C)c1Br. The first-order valence-corrected chi connectivity index (χ1v) is 7.75. The monoisotopic (exact) mass is 327 g/mol. The van der Waals surface area contributed by atoms with Crippen molar-refractivity contribution in [3.8, 4) is 0 Å². The van der Waals surface area contributed by atoms with E-state index in [1.165, 1.54) is 6.42 Å². The van der Waals surface area contributed by atoms with E-state index in [0.717, 1.165) is 35.4 Å². The second kappa shape index (κ2) is 6.07. The summed E-state index contributed by atoms with van der Waals surface area (Å²) in [5, 5.41) is 4.44. The number of aromatic nitrogens is 2.